The molecule has 1 fully saturated rings. The summed E-state index contributed by atoms with van der Waals surface area (Å²) in [5, 5.41) is 0. The molecule has 1 heterocycles. The normalized spacial score (nSPS) is 30.0. The quantitative estimate of drug-likeness (QED) is 0.566. The molecule has 1 aliphatic heterocycles. The molecule has 1 aromatic rings. The Hall–Kier alpha value is -1.16. The summed E-state index contributed by atoms with van der Waals surface area (Å²) in [5.41, 5.74) is 1.86. The van der Waals surface area contributed by atoms with Gasteiger partial charge in [0, 0.05) is 5.56 Å². The predicted octanol–water partition coefficient (Wildman–Crippen LogP) is 3.00. The fraction of sp³-hybridized carbons (Fsp3) is 0.385. The molecule has 0 bridgehead atoms. The molecule has 3 nitrogen and oxygen atoms in total. The van der Waals surface area contributed by atoms with Gasteiger partial charge in [0.25, 0.3) is 0 Å². The smallest absolute Gasteiger partial charge is 0.217 e. The van der Waals surface area contributed by atoms with Crippen molar-refractivity contribution in [2.75, 3.05) is 0 Å². The van der Waals surface area contributed by atoms with Crippen LogP contribution < -0.4 is 0 Å². The fourth-order valence-corrected chi connectivity index (χ4v) is 1.70. The third-order valence-corrected chi connectivity index (χ3v) is 2.57. The molecule has 86 valence electrons. The predicted molar refractivity (Wildman–Crippen MR) is 60.5 cm³/mol. The summed E-state index contributed by atoms with van der Waals surface area (Å²) in [6.07, 6.45) is -0.705. The lowest BCUT2D eigenvalue weighted by Crippen LogP contribution is -2.37. The van der Waals surface area contributed by atoms with Crippen molar-refractivity contribution in [2.24, 2.45) is 0 Å². The van der Waals surface area contributed by atoms with Crippen LogP contribution in [0.5, 0.6) is 0 Å². The Balaban J connectivity index is 2.05. The zero-order valence-corrected chi connectivity index (χ0v) is 9.55. The molecule has 0 aliphatic carbocycles. The van der Waals surface area contributed by atoms with E-state index in [0.717, 1.165) is 11.1 Å². The Labute approximate surface area is 95.6 Å². The van der Waals surface area contributed by atoms with Crippen LogP contribution >= 0.6 is 0 Å². The third-order valence-electron chi connectivity index (χ3n) is 2.57. The minimum absolute atomic E-state index is 0.0588. The van der Waals surface area contributed by atoms with Gasteiger partial charge in [-0.3, -0.25) is 0 Å². The first-order valence-electron chi connectivity index (χ1n) is 5.36. The van der Waals surface area contributed by atoms with E-state index < -0.39 is 6.29 Å². The second-order valence-electron chi connectivity index (χ2n) is 4.04. The summed E-state index contributed by atoms with van der Waals surface area (Å²) >= 11 is 0. The van der Waals surface area contributed by atoms with Gasteiger partial charge in [-0.2, -0.15) is 4.89 Å². The Morgan fingerprint density at radius 1 is 1.19 bits per heavy atom. The van der Waals surface area contributed by atoms with E-state index in [9.17, 15) is 0 Å². The molecule has 3 heteroatoms. The first kappa shape index (κ1) is 11.3. The van der Waals surface area contributed by atoms with Crippen molar-refractivity contribution in [1.82, 2.24) is 0 Å². The second-order valence-corrected chi connectivity index (χ2v) is 4.04. The third kappa shape index (κ3) is 2.32. The minimum atomic E-state index is -0.452. The van der Waals surface area contributed by atoms with Gasteiger partial charge >= 0.3 is 0 Å². The fourth-order valence-electron chi connectivity index (χ4n) is 1.70. The van der Waals surface area contributed by atoms with Crippen LogP contribution in [0.25, 0.3) is 0 Å². The molecule has 0 saturated carbocycles. The molecule has 2 rings (SSSR count). The maximum Gasteiger partial charge on any atom is 0.217 e. The average molecular weight is 220 g/mol. The topological polar surface area (TPSA) is 27.7 Å². The lowest BCUT2D eigenvalue weighted by Gasteiger charge is -2.33. The van der Waals surface area contributed by atoms with Crippen LogP contribution in [0.1, 0.15) is 25.7 Å². The van der Waals surface area contributed by atoms with Crippen LogP contribution in [-0.2, 0) is 14.5 Å². The van der Waals surface area contributed by atoms with Crippen LogP contribution in [0, 0.1) is 0 Å². The van der Waals surface area contributed by atoms with Gasteiger partial charge in [-0.25, -0.2) is 4.89 Å². The average Bonchev–Trinajstić information content (AvgIpc) is 2.29. The van der Waals surface area contributed by atoms with Gasteiger partial charge in [0.05, 0.1) is 6.10 Å². The van der Waals surface area contributed by atoms with Gasteiger partial charge in [-0.15, -0.1) is 0 Å². The number of rotatable bonds is 2. The Kier molecular flexibility index (Phi) is 3.39. The SMILES string of the molecule is C=C(C)[C@H]1OOC(c2ccccc2)O[C@@H]1C. The molecule has 1 saturated heterocycles. The Morgan fingerprint density at radius 3 is 2.44 bits per heavy atom. The highest BCUT2D eigenvalue weighted by atomic mass is 17.2. The summed E-state index contributed by atoms with van der Waals surface area (Å²) in [6.45, 7) is 7.70. The van der Waals surface area contributed by atoms with Crippen molar-refractivity contribution in [3.8, 4) is 0 Å². The lowest BCUT2D eigenvalue weighted by molar-refractivity contribution is -0.454. The lowest BCUT2D eigenvalue weighted by atomic mass is 10.1. The maximum atomic E-state index is 5.74. The van der Waals surface area contributed by atoms with Crippen molar-refractivity contribution < 1.29 is 14.5 Å². The van der Waals surface area contributed by atoms with Gasteiger partial charge in [0.15, 0.2) is 0 Å². The molecule has 1 unspecified atom stereocenters. The molecular weight excluding hydrogens is 204 g/mol. The van der Waals surface area contributed by atoms with E-state index in [4.69, 9.17) is 14.5 Å². The van der Waals surface area contributed by atoms with E-state index >= 15 is 0 Å². The van der Waals surface area contributed by atoms with E-state index in [1.807, 2.05) is 44.2 Å². The molecule has 0 amide bonds. The zero-order valence-electron chi connectivity index (χ0n) is 9.55. The molecule has 0 N–H and O–H groups in total. The Bertz CT molecular complexity index is 361. The van der Waals surface area contributed by atoms with Crippen molar-refractivity contribution in [3.05, 3.63) is 48.0 Å². The van der Waals surface area contributed by atoms with Crippen molar-refractivity contribution in [3.63, 3.8) is 0 Å². The molecule has 0 radical (unpaired) electrons. The van der Waals surface area contributed by atoms with Gasteiger partial charge in [-0.05, 0) is 19.4 Å². The zero-order chi connectivity index (χ0) is 11.5. The van der Waals surface area contributed by atoms with Gasteiger partial charge in [0.1, 0.15) is 6.10 Å². The van der Waals surface area contributed by atoms with Gasteiger partial charge in [0.2, 0.25) is 6.29 Å². The van der Waals surface area contributed by atoms with E-state index in [2.05, 4.69) is 6.58 Å². The molecular formula is C13H16O3. The van der Waals surface area contributed by atoms with Crippen LogP contribution in [0.15, 0.2) is 42.5 Å². The number of hydrogen-bond acceptors (Lipinski definition) is 3. The molecule has 1 aliphatic rings. The largest absolute Gasteiger partial charge is 0.340 e. The highest BCUT2D eigenvalue weighted by Crippen LogP contribution is 2.29. The summed E-state index contributed by atoms with van der Waals surface area (Å²) in [5.74, 6) is 0. The van der Waals surface area contributed by atoms with Gasteiger partial charge in [-0.1, -0.05) is 36.9 Å². The highest BCUT2D eigenvalue weighted by Gasteiger charge is 2.31. The monoisotopic (exact) mass is 220 g/mol. The van der Waals surface area contributed by atoms with Crippen LogP contribution in [0.3, 0.4) is 0 Å². The summed E-state index contributed by atoms with van der Waals surface area (Å²) in [4.78, 5) is 10.5. The summed E-state index contributed by atoms with van der Waals surface area (Å²) < 4.78 is 5.74. The van der Waals surface area contributed by atoms with Crippen molar-refractivity contribution in [1.29, 1.82) is 0 Å². The number of ether oxygens (including phenoxy) is 1. The van der Waals surface area contributed by atoms with Crippen molar-refractivity contribution in [2.45, 2.75) is 32.3 Å². The Morgan fingerprint density at radius 2 is 1.88 bits per heavy atom. The van der Waals surface area contributed by atoms with Crippen LogP contribution in [-0.4, -0.2) is 12.2 Å². The van der Waals surface area contributed by atoms with Crippen molar-refractivity contribution >= 4 is 0 Å². The van der Waals surface area contributed by atoms with Crippen LogP contribution in [0.4, 0.5) is 0 Å². The highest BCUT2D eigenvalue weighted by molar-refractivity contribution is 5.16. The molecule has 0 spiro atoms. The van der Waals surface area contributed by atoms with Gasteiger partial charge < -0.3 is 4.74 Å². The molecule has 0 aromatic heterocycles. The molecule has 1 aromatic carbocycles. The van der Waals surface area contributed by atoms with Crippen LogP contribution in [0.2, 0.25) is 0 Å². The minimum Gasteiger partial charge on any atom is -0.340 e. The number of hydrogen-bond donors (Lipinski definition) is 0. The first-order valence-corrected chi connectivity index (χ1v) is 5.36. The first-order chi connectivity index (χ1) is 7.68. The standard InChI is InChI=1S/C13H16O3/c1-9(2)12-10(3)14-13(16-15-12)11-7-5-4-6-8-11/h4-8,10,12-13H,1H2,2-3H3/t10-,12-,13?/m1/s1. The van der Waals surface area contributed by atoms with E-state index in [1.54, 1.807) is 0 Å². The van der Waals surface area contributed by atoms with E-state index in [0.29, 0.717) is 0 Å². The maximum absolute atomic E-state index is 5.74. The molecule has 3 atom stereocenters. The summed E-state index contributed by atoms with van der Waals surface area (Å²) in [7, 11) is 0. The van der Waals surface area contributed by atoms with E-state index in [-0.39, 0.29) is 12.2 Å². The second kappa shape index (κ2) is 4.78. The molecule has 16 heavy (non-hydrogen) atoms. The number of benzene rings is 1. The van der Waals surface area contributed by atoms with E-state index in [1.165, 1.54) is 0 Å². The summed E-state index contributed by atoms with van der Waals surface area (Å²) in [6, 6.07) is 9.73.